The Bertz CT molecular complexity index is 1530. The van der Waals surface area contributed by atoms with E-state index in [9.17, 15) is 0 Å². The predicted octanol–water partition coefficient (Wildman–Crippen LogP) is 7.99. The summed E-state index contributed by atoms with van der Waals surface area (Å²) in [4.78, 5) is 0. The van der Waals surface area contributed by atoms with Crippen LogP contribution in [0.3, 0.4) is 0 Å². The minimum atomic E-state index is 0.989. The lowest BCUT2D eigenvalue weighted by Crippen LogP contribution is -2.21. The van der Waals surface area contributed by atoms with Crippen LogP contribution in [-0.2, 0) is 0 Å². The fourth-order valence-electron chi connectivity index (χ4n) is 4.02. The molecular weight excluding hydrogens is 420 g/mol. The zero-order chi connectivity index (χ0) is 24.8. The second-order valence-corrected chi connectivity index (χ2v) is 9.10. The molecule has 4 rings (SSSR count). The molecule has 0 aliphatic carbocycles. The quantitative estimate of drug-likeness (QED) is 0.260. The van der Waals surface area contributed by atoms with Gasteiger partial charge < -0.3 is 0 Å². The van der Waals surface area contributed by atoms with Crippen molar-refractivity contribution in [1.82, 2.24) is 0 Å². The fourth-order valence-corrected chi connectivity index (χ4v) is 4.02. The summed E-state index contributed by atoms with van der Waals surface area (Å²) in [6.45, 7) is 15.0. The van der Waals surface area contributed by atoms with Gasteiger partial charge in [-0.3, -0.25) is 0 Å². The maximum Gasteiger partial charge on any atom is -0.0172 e. The first-order valence-corrected chi connectivity index (χ1v) is 12.0. The highest BCUT2D eigenvalue weighted by molar-refractivity contribution is 5.84. The average Bonchev–Trinajstić information content (AvgIpc) is 2.87. The highest BCUT2D eigenvalue weighted by atomic mass is 14.1. The average molecular weight is 453 g/mol. The Morgan fingerprint density at radius 3 is 2.17 bits per heavy atom. The lowest BCUT2D eigenvalue weighted by Gasteiger charge is -2.12. The van der Waals surface area contributed by atoms with E-state index in [-0.39, 0.29) is 0 Å². The summed E-state index contributed by atoms with van der Waals surface area (Å²) in [6.07, 6.45) is 8.58. The Balaban J connectivity index is 1.77. The second-order valence-electron chi connectivity index (χ2n) is 9.10. The van der Waals surface area contributed by atoms with E-state index in [4.69, 9.17) is 0 Å². The van der Waals surface area contributed by atoms with Crippen molar-refractivity contribution in [3.63, 3.8) is 0 Å². The van der Waals surface area contributed by atoms with Crippen molar-refractivity contribution in [3.8, 4) is 11.1 Å². The molecule has 4 aromatic rings. The monoisotopic (exact) mass is 452 g/mol. The third-order valence-electron chi connectivity index (χ3n) is 6.36. The number of allylic oxidation sites excluding steroid dienone is 4. The predicted molar refractivity (Wildman–Crippen MR) is 155 cm³/mol. The second kappa shape index (κ2) is 10.8. The highest BCUT2D eigenvalue weighted by Crippen LogP contribution is 2.29. The topological polar surface area (TPSA) is 0 Å². The maximum absolute atomic E-state index is 4.40. The standard InChI is InChI=1S/C35H32/c1-25-14-18-32(19-15-25)35-23-33(28(4)16-20-30-12-8-6-10-26(30)2)22-34(24-35)29(5)17-21-31-13-9-7-11-27(31)3/h6-24H,2,5H2,1,3-4H3/b21-17-,28-16+,30-20-. The first-order chi connectivity index (χ1) is 16.9. The highest BCUT2D eigenvalue weighted by Gasteiger charge is 2.07. The van der Waals surface area contributed by atoms with Gasteiger partial charge in [-0.05, 0) is 93.9 Å². The smallest absolute Gasteiger partial charge is 0.0172 e. The fraction of sp³-hybridized carbons (Fsp3) is 0.0857. The summed E-state index contributed by atoms with van der Waals surface area (Å²) in [6, 6.07) is 32.0. The number of hydrogen-bond donors (Lipinski definition) is 0. The van der Waals surface area contributed by atoms with E-state index in [0.29, 0.717) is 0 Å². The van der Waals surface area contributed by atoms with Gasteiger partial charge in [-0.15, -0.1) is 0 Å². The van der Waals surface area contributed by atoms with Gasteiger partial charge in [0.2, 0.25) is 0 Å². The first-order valence-electron chi connectivity index (χ1n) is 12.0. The Morgan fingerprint density at radius 2 is 1.43 bits per heavy atom. The molecular formula is C35H32. The summed E-state index contributed by atoms with van der Waals surface area (Å²) in [7, 11) is 0. The lowest BCUT2D eigenvalue weighted by atomic mass is 9.93. The molecule has 0 unspecified atom stereocenters. The summed E-state index contributed by atoms with van der Waals surface area (Å²) < 4.78 is 0. The van der Waals surface area contributed by atoms with Crippen LogP contribution >= 0.6 is 0 Å². The summed E-state index contributed by atoms with van der Waals surface area (Å²) in [5, 5.41) is 2.16. The molecule has 0 heterocycles. The Morgan fingerprint density at radius 1 is 0.743 bits per heavy atom. The van der Waals surface area contributed by atoms with Gasteiger partial charge in [-0.1, -0.05) is 116 Å². The maximum atomic E-state index is 4.40. The molecule has 0 aromatic heterocycles. The van der Waals surface area contributed by atoms with Crippen molar-refractivity contribution in [3.05, 3.63) is 148 Å². The third kappa shape index (κ3) is 6.05. The van der Waals surface area contributed by atoms with Crippen molar-refractivity contribution >= 4 is 29.9 Å². The molecule has 0 aliphatic rings. The van der Waals surface area contributed by atoms with Gasteiger partial charge >= 0.3 is 0 Å². The molecule has 0 saturated heterocycles. The molecule has 0 nitrogen and oxygen atoms in total. The third-order valence-corrected chi connectivity index (χ3v) is 6.36. The SMILES string of the molecule is C=C(/C=C\c1ccccc1C)c1cc(/C(C)=C/C=c2/ccccc2=C)cc(-c2ccc(C)cc2)c1. The lowest BCUT2D eigenvalue weighted by molar-refractivity contribution is 1.44. The molecule has 0 saturated carbocycles. The van der Waals surface area contributed by atoms with Gasteiger partial charge in [0.25, 0.3) is 0 Å². The molecule has 0 atom stereocenters. The van der Waals surface area contributed by atoms with E-state index in [1.165, 1.54) is 39.0 Å². The van der Waals surface area contributed by atoms with Crippen molar-refractivity contribution in [2.75, 3.05) is 0 Å². The largest absolute Gasteiger partial charge is 0.0912 e. The molecule has 0 N–H and O–H groups in total. The summed E-state index contributed by atoms with van der Waals surface area (Å²) in [5.41, 5.74) is 10.6. The molecule has 0 amide bonds. The molecule has 0 heteroatoms. The number of hydrogen-bond acceptors (Lipinski definition) is 0. The Labute approximate surface area is 209 Å². The van der Waals surface area contributed by atoms with Crippen LogP contribution in [-0.4, -0.2) is 0 Å². The summed E-state index contributed by atoms with van der Waals surface area (Å²) in [5.74, 6) is 0. The van der Waals surface area contributed by atoms with E-state index in [1.54, 1.807) is 0 Å². The number of aryl methyl sites for hydroxylation is 2. The molecule has 0 fully saturated rings. The number of benzene rings is 4. The van der Waals surface area contributed by atoms with E-state index in [1.807, 2.05) is 18.2 Å². The van der Waals surface area contributed by atoms with Crippen LogP contribution in [0.25, 0.3) is 41.0 Å². The molecule has 0 radical (unpaired) electrons. The van der Waals surface area contributed by atoms with E-state index in [0.717, 1.165) is 21.6 Å². The van der Waals surface area contributed by atoms with Crippen LogP contribution in [0.1, 0.15) is 34.7 Å². The summed E-state index contributed by atoms with van der Waals surface area (Å²) >= 11 is 0. The van der Waals surface area contributed by atoms with Gasteiger partial charge in [0.15, 0.2) is 0 Å². The van der Waals surface area contributed by atoms with Crippen LogP contribution in [0, 0.1) is 13.8 Å². The van der Waals surface area contributed by atoms with Crippen molar-refractivity contribution < 1.29 is 0 Å². The van der Waals surface area contributed by atoms with E-state index in [2.05, 4.69) is 131 Å². The van der Waals surface area contributed by atoms with Crippen LogP contribution in [0.4, 0.5) is 0 Å². The minimum absolute atomic E-state index is 0.989. The van der Waals surface area contributed by atoms with Gasteiger partial charge in [0.1, 0.15) is 0 Å². The normalized spacial score (nSPS) is 12.3. The van der Waals surface area contributed by atoms with E-state index < -0.39 is 0 Å². The van der Waals surface area contributed by atoms with Crippen LogP contribution in [0.5, 0.6) is 0 Å². The molecule has 35 heavy (non-hydrogen) atoms. The van der Waals surface area contributed by atoms with Gasteiger partial charge in [-0.2, -0.15) is 0 Å². The minimum Gasteiger partial charge on any atom is -0.0912 e. The van der Waals surface area contributed by atoms with Gasteiger partial charge in [0.05, 0.1) is 0 Å². The Kier molecular flexibility index (Phi) is 7.43. The zero-order valence-electron chi connectivity index (χ0n) is 20.9. The molecule has 0 spiro atoms. The molecule has 172 valence electrons. The van der Waals surface area contributed by atoms with Gasteiger partial charge in [-0.25, -0.2) is 0 Å². The van der Waals surface area contributed by atoms with Crippen LogP contribution in [0.2, 0.25) is 0 Å². The molecule has 0 bridgehead atoms. The van der Waals surface area contributed by atoms with Gasteiger partial charge in [0, 0.05) is 0 Å². The van der Waals surface area contributed by atoms with Crippen molar-refractivity contribution in [2.45, 2.75) is 20.8 Å². The molecule has 0 aliphatic heterocycles. The first kappa shape index (κ1) is 24.0. The van der Waals surface area contributed by atoms with Crippen molar-refractivity contribution in [2.24, 2.45) is 0 Å². The van der Waals surface area contributed by atoms with E-state index >= 15 is 0 Å². The Hall–Kier alpha value is -4.16. The molecule has 4 aromatic carbocycles. The number of rotatable bonds is 6. The zero-order valence-corrected chi connectivity index (χ0v) is 20.9. The van der Waals surface area contributed by atoms with Crippen molar-refractivity contribution in [1.29, 1.82) is 0 Å². The van der Waals surface area contributed by atoms with Crippen LogP contribution in [0.15, 0.2) is 110 Å². The van der Waals surface area contributed by atoms with Crippen LogP contribution < -0.4 is 10.4 Å².